The molecule has 1 saturated heterocycles. The van der Waals surface area contributed by atoms with Crippen molar-refractivity contribution >= 4 is 46.1 Å². The molecule has 1 atom stereocenters. The monoisotopic (exact) mass is 481 g/mol. The van der Waals surface area contributed by atoms with Crippen molar-refractivity contribution in [1.29, 1.82) is 0 Å². The van der Waals surface area contributed by atoms with E-state index in [-0.39, 0.29) is 6.54 Å². The molecule has 1 aliphatic heterocycles. The third-order valence-corrected chi connectivity index (χ3v) is 7.12. The van der Waals surface area contributed by atoms with Crippen LogP contribution in [0.3, 0.4) is 0 Å². The molecular formula is C28H23N3O3S. The maximum absolute atomic E-state index is 13.4. The van der Waals surface area contributed by atoms with Crippen LogP contribution in [0, 0.1) is 0 Å². The average Bonchev–Trinajstić information content (AvgIpc) is 3.09. The Balaban J connectivity index is 1.35. The van der Waals surface area contributed by atoms with E-state index in [0.29, 0.717) is 11.3 Å². The van der Waals surface area contributed by atoms with Crippen LogP contribution in [-0.4, -0.2) is 29.3 Å². The van der Waals surface area contributed by atoms with Crippen LogP contribution in [0.1, 0.15) is 12.5 Å². The average molecular weight is 482 g/mol. The van der Waals surface area contributed by atoms with Gasteiger partial charge in [-0.15, -0.1) is 0 Å². The molecule has 0 unspecified atom stereocenters. The number of nitrogens with zero attached hydrogens (tertiary/aromatic N) is 1. The van der Waals surface area contributed by atoms with Crippen LogP contribution in [-0.2, 0) is 15.1 Å². The van der Waals surface area contributed by atoms with Gasteiger partial charge in [0.05, 0.1) is 5.69 Å². The molecule has 5 rings (SSSR count). The number of urea groups is 1. The van der Waals surface area contributed by atoms with E-state index in [9.17, 15) is 14.4 Å². The number of rotatable bonds is 6. The Kier molecular flexibility index (Phi) is 6.01. The van der Waals surface area contributed by atoms with Gasteiger partial charge in [0.15, 0.2) is 0 Å². The number of hydrogen-bond acceptors (Lipinski definition) is 4. The van der Waals surface area contributed by atoms with E-state index < -0.39 is 23.4 Å². The number of carbonyl (C=O) groups excluding carboxylic acids is 3. The number of para-hydroxylation sites is 1. The lowest BCUT2D eigenvalue weighted by Gasteiger charge is -2.24. The Morgan fingerprint density at radius 3 is 2.40 bits per heavy atom. The maximum atomic E-state index is 13.4. The minimum atomic E-state index is -1.26. The van der Waals surface area contributed by atoms with Gasteiger partial charge in [-0.1, -0.05) is 84.6 Å². The summed E-state index contributed by atoms with van der Waals surface area (Å²) in [5.74, 6) is -0.905. The van der Waals surface area contributed by atoms with E-state index in [1.165, 1.54) is 11.8 Å². The van der Waals surface area contributed by atoms with Gasteiger partial charge in [0.1, 0.15) is 12.1 Å². The number of benzene rings is 4. The topological polar surface area (TPSA) is 78.5 Å². The second-order valence-corrected chi connectivity index (χ2v) is 9.55. The van der Waals surface area contributed by atoms with Crippen molar-refractivity contribution in [3.05, 3.63) is 103 Å². The smallest absolute Gasteiger partial charge is 0.323 e. The third-order valence-electron chi connectivity index (χ3n) is 6.04. The zero-order chi connectivity index (χ0) is 24.4. The zero-order valence-corrected chi connectivity index (χ0v) is 19.8. The highest BCUT2D eigenvalue weighted by molar-refractivity contribution is 7.99. The van der Waals surface area contributed by atoms with Crippen molar-refractivity contribution in [3.8, 4) is 0 Å². The van der Waals surface area contributed by atoms with Gasteiger partial charge < -0.3 is 10.6 Å². The number of carbonyl (C=O) groups is 3. The molecule has 0 aromatic heterocycles. The molecule has 4 amide bonds. The number of anilines is 1. The summed E-state index contributed by atoms with van der Waals surface area (Å²) >= 11 is 1.52. The first kappa shape index (κ1) is 22.7. The largest absolute Gasteiger partial charge is 0.325 e. The summed E-state index contributed by atoms with van der Waals surface area (Å²) < 4.78 is 0. The van der Waals surface area contributed by atoms with Gasteiger partial charge in [-0.2, -0.15) is 0 Å². The zero-order valence-electron chi connectivity index (χ0n) is 19.0. The fourth-order valence-electron chi connectivity index (χ4n) is 4.29. The molecule has 174 valence electrons. The van der Waals surface area contributed by atoms with Crippen molar-refractivity contribution in [3.63, 3.8) is 0 Å². The van der Waals surface area contributed by atoms with Gasteiger partial charge >= 0.3 is 6.03 Å². The molecule has 2 N–H and O–H groups in total. The molecule has 4 aromatic rings. The molecule has 0 aliphatic carbocycles. The van der Waals surface area contributed by atoms with Gasteiger partial charge in [-0.05, 0) is 47.5 Å². The van der Waals surface area contributed by atoms with E-state index in [1.807, 2.05) is 91.0 Å². The number of amides is 4. The SMILES string of the molecule is C[C@@]1(c2cccc3ccccc23)NC(=O)N(CC(=O)Nc2ccccc2Sc2ccccc2)C1=O. The number of nitrogens with one attached hydrogen (secondary N) is 2. The van der Waals surface area contributed by atoms with E-state index in [1.54, 1.807) is 13.0 Å². The van der Waals surface area contributed by atoms with Gasteiger partial charge in [0, 0.05) is 9.79 Å². The highest BCUT2D eigenvalue weighted by Gasteiger charge is 2.50. The number of hydrogen-bond donors (Lipinski definition) is 2. The summed E-state index contributed by atoms with van der Waals surface area (Å²) in [7, 11) is 0. The van der Waals surface area contributed by atoms with Gasteiger partial charge in [0.25, 0.3) is 5.91 Å². The van der Waals surface area contributed by atoms with E-state index in [0.717, 1.165) is 25.5 Å². The first-order valence-electron chi connectivity index (χ1n) is 11.2. The Morgan fingerprint density at radius 1 is 0.886 bits per heavy atom. The predicted molar refractivity (Wildman–Crippen MR) is 137 cm³/mol. The second-order valence-electron chi connectivity index (χ2n) is 8.43. The minimum absolute atomic E-state index is 0.380. The summed E-state index contributed by atoms with van der Waals surface area (Å²) in [5.41, 5.74) is 0.0518. The van der Waals surface area contributed by atoms with Crippen molar-refractivity contribution < 1.29 is 14.4 Å². The van der Waals surface area contributed by atoms with Crippen LogP contribution < -0.4 is 10.6 Å². The van der Waals surface area contributed by atoms with E-state index in [2.05, 4.69) is 10.6 Å². The van der Waals surface area contributed by atoms with Crippen LogP contribution in [0.2, 0.25) is 0 Å². The summed E-state index contributed by atoms with van der Waals surface area (Å²) in [5, 5.41) is 7.52. The lowest BCUT2D eigenvalue weighted by atomic mass is 9.88. The van der Waals surface area contributed by atoms with E-state index >= 15 is 0 Å². The first-order chi connectivity index (χ1) is 17.0. The summed E-state index contributed by atoms with van der Waals surface area (Å²) in [6, 6.07) is 30.0. The van der Waals surface area contributed by atoms with Gasteiger partial charge in [-0.25, -0.2) is 4.79 Å². The van der Waals surface area contributed by atoms with E-state index in [4.69, 9.17) is 0 Å². The highest BCUT2D eigenvalue weighted by Crippen LogP contribution is 2.35. The Labute approximate surface area is 207 Å². The third kappa shape index (κ3) is 4.38. The van der Waals surface area contributed by atoms with Crippen molar-refractivity contribution in [2.75, 3.05) is 11.9 Å². The van der Waals surface area contributed by atoms with Gasteiger partial charge in [0.2, 0.25) is 5.91 Å². The molecule has 7 heteroatoms. The van der Waals surface area contributed by atoms with Gasteiger partial charge in [-0.3, -0.25) is 14.5 Å². The molecule has 0 radical (unpaired) electrons. The molecular weight excluding hydrogens is 458 g/mol. The fourth-order valence-corrected chi connectivity index (χ4v) is 5.22. The quantitative estimate of drug-likeness (QED) is 0.362. The first-order valence-corrected chi connectivity index (χ1v) is 12.0. The fraction of sp³-hybridized carbons (Fsp3) is 0.107. The number of fused-ring (bicyclic) bond motifs is 1. The Bertz CT molecular complexity index is 1430. The van der Waals surface area contributed by atoms with Crippen LogP contribution in [0.5, 0.6) is 0 Å². The van der Waals surface area contributed by atoms with Crippen LogP contribution in [0.25, 0.3) is 10.8 Å². The summed E-state index contributed by atoms with van der Waals surface area (Å²) in [4.78, 5) is 42.1. The molecule has 0 spiro atoms. The summed E-state index contributed by atoms with van der Waals surface area (Å²) in [6.45, 7) is 1.30. The molecule has 4 aromatic carbocycles. The number of imide groups is 1. The summed E-state index contributed by atoms with van der Waals surface area (Å²) in [6.07, 6.45) is 0. The Morgan fingerprint density at radius 2 is 1.57 bits per heavy atom. The molecule has 6 nitrogen and oxygen atoms in total. The normalized spacial score (nSPS) is 17.5. The highest BCUT2D eigenvalue weighted by atomic mass is 32.2. The van der Waals surface area contributed by atoms with Crippen molar-refractivity contribution in [1.82, 2.24) is 10.2 Å². The minimum Gasteiger partial charge on any atom is -0.323 e. The van der Waals surface area contributed by atoms with Crippen LogP contribution in [0.15, 0.2) is 107 Å². The van der Waals surface area contributed by atoms with Crippen molar-refractivity contribution in [2.24, 2.45) is 0 Å². The van der Waals surface area contributed by atoms with Crippen molar-refractivity contribution in [2.45, 2.75) is 22.3 Å². The maximum Gasteiger partial charge on any atom is 0.325 e. The molecule has 1 fully saturated rings. The molecule has 0 saturated carbocycles. The standard InChI is InChI=1S/C28H23N3O3S/c1-28(22-15-9-11-19-10-5-6-14-21(19)22)26(33)31(27(34)30-28)18-25(32)29-23-16-7-8-17-24(23)35-20-12-3-2-4-13-20/h2-17H,18H2,1H3,(H,29,32)(H,30,34)/t28-/m0/s1. The van der Waals surface area contributed by atoms with Crippen LogP contribution >= 0.6 is 11.8 Å². The lowest BCUT2D eigenvalue weighted by Crippen LogP contribution is -2.42. The molecule has 0 bridgehead atoms. The molecule has 35 heavy (non-hydrogen) atoms. The van der Waals surface area contributed by atoms with Crippen LogP contribution in [0.4, 0.5) is 10.5 Å². The molecule has 1 heterocycles. The predicted octanol–water partition coefficient (Wildman–Crippen LogP) is 5.40. The Hall–Kier alpha value is -4.10. The lowest BCUT2D eigenvalue weighted by molar-refractivity contribution is -0.133. The second kappa shape index (κ2) is 9.27. The molecule has 1 aliphatic rings.